The van der Waals surface area contributed by atoms with E-state index in [1.165, 1.54) is 199 Å². The average Bonchev–Trinajstić information content (AvgIpc) is 2.74. The molecule has 0 fully saturated rings. The van der Waals surface area contributed by atoms with Crippen LogP contribution in [0.2, 0.25) is 0 Å². The first-order valence-corrected chi connectivity index (χ1v) is 40.2. The van der Waals surface area contributed by atoms with Gasteiger partial charge < -0.3 is 28.5 Å². The van der Waals surface area contributed by atoms with E-state index in [9.17, 15) is 19.5 Å². The molecule has 0 rings (SSSR count). The molecule has 552 valence electrons. The number of hydrogen-bond acceptors (Lipinski definition) is 7. The molecule has 0 aromatic carbocycles. The SMILES string of the molecule is CC/C=C\C/C=C\C/C=C\C/C=C\C/C=C\C/C=C\C/C=C\C/C=C\C/C=C\C/C=C\CCCCCCCCC(=O)OC(COC(=O)CCCCCCCCCCCCCCCCCCCCCCCCCCCCCCCCCCCC)COC(OCC[N+](C)(C)C)C(=O)O. The number of carbonyl (C=O) groups excluding carboxylic acids is 2. The summed E-state index contributed by atoms with van der Waals surface area (Å²) < 4.78 is 23.0. The standard InChI is InChI=1S/C87H151NO8/c1-6-8-10-12-14-16-18-20-22-24-26-28-30-32-34-36-38-40-42-43-44-46-48-50-52-54-56-58-60-62-64-66-68-70-72-74-76-78-85(90)96-83(82-95-87(86(91)92)93-80-79-88(3,4)5)81-94-84(89)77-75-73-71-69-67-65-63-61-59-57-55-53-51-49-47-45-41-39-37-35-33-31-29-27-25-23-21-19-17-15-13-11-9-7-2/h8,10,14,16,20,22,26,28,32,34,38,40,43-44,48,50,54,56,60,62,83,87H,6-7,9,11-13,15,17-19,21,23-25,27,29-31,33,35-37,39,41-42,45-47,49,51-53,55,57-59,61,63-82H2,1-5H3/p+1/b10-8-,16-14-,22-20-,28-26-,34-32-,40-38-,44-43-,50-48-,56-54-,62-60-. The first-order valence-electron chi connectivity index (χ1n) is 40.2. The summed E-state index contributed by atoms with van der Waals surface area (Å²) in [7, 11) is 5.98. The Morgan fingerprint density at radius 3 is 0.885 bits per heavy atom. The first-order chi connectivity index (χ1) is 47.1. The lowest BCUT2D eigenvalue weighted by molar-refractivity contribution is -0.870. The molecule has 2 unspecified atom stereocenters. The number of aliphatic carboxylic acids is 1. The lowest BCUT2D eigenvalue weighted by Gasteiger charge is -2.25. The van der Waals surface area contributed by atoms with Crippen LogP contribution in [-0.2, 0) is 33.3 Å². The zero-order valence-electron chi connectivity index (χ0n) is 63.3. The number of allylic oxidation sites excluding steroid dienone is 20. The van der Waals surface area contributed by atoms with Gasteiger partial charge in [-0.05, 0) is 89.9 Å². The zero-order chi connectivity index (χ0) is 69.7. The summed E-state index contributed by atoms with van der Waals surface area (Å²) in [6, 6.07) is 0. The molecule has 9 nitrogen and oxygen atoms in total. The second-order valence-corrected chi connectivity index (χ2v) is 28.0. The van der Waals surface area contributed by atoms with Gasteiger partial charge in [0.15, 0.2) is 6.10 Å². The van der Waals surface area contributed by atoms with Crippen molar-refractivity contribution in [3.8, 4) is 0 Å². The summed E-state index contributed by atoms with van der Waals surface area (Å²) in [5, 5.41) is 9.77. The van der Waals surface area contributed by atoms with E-state index in [0.29, 0.717) is 23.9 Å². The number of esters is 2. The fraction of sp³-hybridized carbons (Fsp3) is 0.736. The molecule has 9 heteroatoms. The first kappa shape index (κ1) is 91.7. The van der Waals surface area contributed by atoms with Gasteiger partial charge >= 0.3 is 17.9 Å². The number of nitrogens with zero attached hydrogens (tertiary/aromatic N) is 1. The fourth-order valence-electron chi connectivity index (χ4n) is 11.4. The minimum Gasteiger partial charge on any atom is -0.477 e. The van der Waals surface area contributed by atoms with Crippen molar-refractivity contribution < 1.29 is 42.9 Å². The van der Waals surface area contributed by atoms with Crippen LogP contribution in [-0.4, -0.2) is 87.4 Å². The highest BCUT2D eigenvalue weighted by Crippen LogP contribution is 2.19. The normalized spacial score (nSPS) is 13.3. The summed E-state index contributed by atoms with van der Waals surface area (Å²) in [5.74, 6) is -2.02. The fourth-order valence-corrected chi connectivity index (χ4v) is 11.4. The molecule has 0 radical (unpaired) electrons. The molecule has 0 saturated carbocycles. The summed E-state index contributed by atoms with van der Waals surface area (Å²) in [5.41, 5.74) is 0. The number of ether oxygens (including phenoxy) is 4. The van der Waals surface area contributed by atoms with Crippen LogP contribution in [0.1, 0.15) is 354 Å². The van der Waals surface area contributed by atoms with E-state index >= 15 is 0 Å². The topological polar surface area (TPSA) is 108 Å². The highest BCUT2D eigenvalue weighted by atomic mass is 16.7. The summed E-state index contributed by atoms with van der Waals surface area (Å²) >= 11 is 0. The third kappa shape index (κ3) is 77.0. The van der Waals surface area contributed by atoms with Gasteiger partial charge in [-0.15, -0.1) is 0 Å². The van der Waals surface area contributed by atoms with E-state index in [1.807, 2.05) is 21.1 Å². The minimum absolute atomic E-state index is 0.180. The number of rotatable bonds is 74. The molecule has 0 aliphatic heterocycles. The van der Waals surface area contributed by atoms with Gasteiger partial charge in [-0.1, -0.05) is 373 Å². The third-order valence-corrected chi connectivity index (χ3v) is 17.5. The van der Waals surface area contributed by atoms with Crippen LogP contribution >= 0.6 is 0 Å². The van der Waals surface area contributed by atoms with Crippen LogP contribution in [0.3, 0.4) is 0 Å². The number of carboxylic acid groups (broad SMARTS) is 1. The molecule has 0 aromatic rings. The Morgan fingerprint density at radius 1 is 0.323 bits per heavy atom. The molecule has 0 aliphatic rings. The molecule has 0 aliphatic carbocycles. The number of likely N-dealkylation sites (N-methyl/N-ethyl adjacent to an activating group) is 1. The summed E-state index contributed by atoms with van der Waals surface area (Å²) in [6.45, 7) is 4.78. The molecule has 0 spiro atoms. The molecule has 0 aromatic heterocycles. The minimum atomic E-state index is -1.52. The summed E-state index contributed by atoms with van der Waals surface area (Å²) in [6.07, 6.45) is 106. The molecule has 0 saturated heterocycles. The molecular formula is C87H152NO8+. The maximum absolute atomic E-state index is 13.0. The van der Waals surface area contributed by atoms with E-state index in [-0.39, 0.29) is 32.2 Å². The Kier molecular flexibility index (Phi) is 73.0. The van der Waals surface area contributed by atoms with Crippen molar-refractivity contribution in [3.63, 3.8) is 0 Å². The van der Waals surface area contributed by atoms with E-state index < -0.39 is 24.3 Å². The van der Waals surface area contributed by atoms with Gasteiger partial charge in [0.2, 0.25) is 0 Å². The average molecular weight is 1340 g/mol. The summed E-state index contributed by atoms with van der Waals surface area (Å²) in [4.78, 5) is 37.7. The largest absolute Gasteiger partial charge is 0.477 e. The highest BCUT2D eigenvalue weighted by molar-refractivity contribution is 5.71. The van der Waals surface area contributed by atoms with E-state index in [4.69, 9.17) is 18.9 Å². The maximum Gasteiger partial charge on any atom is 0.361 e. The maximum atomic E-state index is 13.0. The monoisotopic (exact) mass is 1340 g/mol. The zero-order valence-corrected chi connectivity index (χ0v) is 63.3. The van der Waals surface area contributed by atoms with Crippen molar-refractivity contribution in [3.05, 3.63) is 122 Å². The van der Waals surface area contributed by atoms with Gasteiger partial charge in [0.05, 0.1) is 34.4 Å². The van der Waals surface area contributed by atoms with Crippen LogP contribution in [0, 0.1) is 0 Å². The predicted octanol–water partition coefficient (Wildman–Crippen LogP) is 25.9. The lowest BCUT2D eigenvalue weighted by Crippen LogP contribution is -2.40. The number of carboxylic acids is 1. The highest BCUT2D eigenvalue weighted by Gasteiger charge is 2.25. The Labute approximate surface area is 593 Å². The van der Waals surface area contributed by atoms with Crippen LogP contribution in [0.25, 0.3) is 0 Å². The van der Waals surface area contributed by atoms with Crippen LogP contribution < -0.4 is 0 Å². The number of quaternary nitrogens is 1. The smallest absolute Gasteiger partial charge is 0.361 e. The van der Waals surface area contributed by atoms with Gasteiger partial charge in [-0.3, -0.25) is 9.59 Å². The van der Waals surface area contributed by atoms with Crippen molar-refractivity contribution in [2.24, 2.45) is 0 Å². The van der Waals surface area contributed by atoms with Crippen molar-refractivity contribution in [2.75, 3.05) is 47.5 Å². The van der Waals surface area contributed by atoms with Gasteiger partial charge in [0, 0.05) is 12.8 Å². The van der Waals surface area contributed by atoms with Crippen LogP contribution in [0.5, 0.6) is 0 Å². The van der Waals surface area contributed by atoms with E-state index in [2.05, 4.69) is 135 Å². The molecular weight excluding hydrogens is 1190 g/mol. The molecule has 2 atom stereocenters. The van der Waals surface area contributed by atoms with Crippen molar-refractivity contribution in [1.82, 2.24) is 0 Å². The molecule has 1 N–H and O–H groups in total. The number of hydrogen-bond donors (Lipinski definition) is 1. The van der Waals surface area contributed by atoms with Crippen molar-refractivity contribution >= 4 is 17.9 Å². The van der Waals surface area contributed by atoms with E-state index in [0.717, 1.165) is 122 Å². The molecule has 0 heterocycles. The van der Waals surface area contributed by atoms with Gasteiger partial charge in [0.25, 0.3) is 6.29 Å². The lowest BCUT2D eigenvalue weighted by atomic mass is 10.0. The van der Waals surface area contributed by atoms with Crippen molar-refractivity contribution in [1.29, 1.82) is 0 Å². The number of carbonyl (C=O) groups is 3. The third-order valence-electron chi connectivity index (χ3n) is 17.5. The van der Waals surface area contributed by atoms with Gasteiger partial charge in [-0.25, -0.2) is 4.79 Å². The Hall–Kier alpha value is -4.31. The second-order valence-electron chi connectivity index (χ2n) is 28.0. The Bertz CT molecular complexity index is 2000. The quantitative estimate of drug-likeness (QED) is 0.0211. The molecule has 0 bridgehead atoms. The molecule has 96 heavy (non-hydrogen) atoms. The van der Waals surface area contributed by atoms with Gasteiger partial charge in [0.1, 0.15) is 13.2 Å². The van der Waals surface area contributed by atoms with Gasteiger partial charge in [-0.2, -0.15) is 0 Å². The molecule has 0 amide bonds. The second kappa shape index (κ2) is 76.4. The number of unbranched alkanes of at least 4 members (excludes halogenated alkanes) is 39. The predicted molar refractivity (Wildman–Crippen MR) is 415 cm³/mol. The van der Waals surface area contributed by atoms with E-state index in [1.54, 1.807) is 0 Å². The Balaban J connectivity index is 4.09. The van der Waals surface area contributed by atoms with Crippen LogP contribution in [0.15, 0.2) is 122 Å². The Morgan fingerprint density at radius 2 is 0.594 bits per heavy atom. The van der Waals surface area contributed by atoms with Crippen LogP contribution in [0.4, 0.5) is 0 Å². The van der Waals surface area contributed by atoms with Crippen molar-refractivity contribution in [2.45, 2.75) is 367 Å².